The number of likely N-dealkylation sites (N-methyl/N-ethyl adjacent to an activating group) is 1. The Morgan fingerprint density at radius 2 is 1.94 bits per heavy atom. The van der Waals surface area contributed by atoms with Crippen molar-refractivity contribution in [3.8, 4) is 5.75 Å². The molecule has 1 amide bonds. The number of ether oxygens (including phenoxy) is 1. The van der Waals surface area contributed by atoms with Gasteiger partial charge in [-0.25, -0.2) is 0 Å². The number of aliphatic hydroxyl groups is 3. The number of nitrogens with one attached hydrogen (secondary N) is 1. The maximum atomic E-state index is 13.7. The average molecular weight is 488 g/mol. The van der Waals surface area contributed by atoms with Crippen LogP contribution in [0.3, 0.4) is 0 Å². The number of hydrogen-bond donors (Lipinski definition) is 6. The number of amides is 1. The van der Waals surface area contributed by atoms with Gasteiger partial charge < -0.3 is 30.9 Å². The van der Waals surface area contributed by atoms with Gasteiger partial charge in [0, 0.05) is 25.1 Å². The number of rotatable bonds is 6. The second-order valence-electron chi connectivity index (χ2n) is 9.42. The first-order valence-corrected chi connectivity index (χ1v) is 11.1. The van der Waals surface area contributed by atoms with E-state index >= 15 is 0 Å². The van der Waals surface area contributed by atoms with E-state index < -0.39 is 58.0 Å². The van der Waals surface area contributed by atoms with E-state index in [1.807, 2.05) is 0 Å². The highest BCUT2D eigenvalue weighted by molar-refractivity contribution is 6.24. The number of primary amides is 1. The van der Waals surface area contributed by atoms with Crippen LogP contribution in [0.15, 0.2) is 29.0 Å². The summed E-state index contributed by atoms with van der Waals surface area (Å²) in [5.41, 5.74) is 3.14. The van der Waals surface area contributed by atoms with E-state index in [0.717, 1.165) is 5.56 Å². The number of methoxy groups -OCH3 is 1. The molecule has 1 saturated carbocycles. The quantitative estimate of drug-likeness (QED) is 0.176. The Bertz CT molecular complexity index is 1190. The van der Waals surface area contributed by atoms with Crippen molar-refractivity contribution in [2.45, 2.75) is 31.0 Å². The first-order chi connectivity index (χ1) is 16.5. The minimum Gasteiger partial charge on any atom is -0.508 e. The van der Waals surface area contributed by atoms with E-state index in [1.54, 1.807) is 20.2 Å². The summed E-state index contributed by atoms with van der Waals surface area (Å²) in [5.74, 6) is -6.64. The summed E-state index contributed by atoms with van der Waals surface area (Å²) in [4.78, 5) is 40.3. The number of nitrogens with two attached hydrogens (primary N) is 1. The molecule has 11 nitrogen and oxygen atoms in total. The van der Waals surface area contributed by atoms with Crippen LogP contribution in [0.25, 0.3) is 5.76 Å². The van der Waals surface area contributed by atoms with Crippen LogP contribution in [-0.4, -0.2) is 82.4 Å². The number of nitrogens with zero attached hydrogens (tertiary/aromatic N) is 1. The minimum atomic E-state index is -2.64. The molecule has 0 heterocycles. The van der Waals surface area contributed by atoms with Crippen molar-refractivity contribution in [3.63, 3.8) is 0 Å². The van der Waals surface area contributed by atoms with E-state index in [2.05, 4.69) is 5.32 Å². The van der Waals surface area contributed by atoms with E-state index in [0.29, 0.717) is 12.1 Å². The summed E-state index contributed by atoms with van der Waals surface area (Å²) in [6.45, 7) is 0.650. The highest BCUT2D eigenvalue weighted by Crippen LogP contribution is 2.52. The van der Waals surface area contributed by atoms with Crippen LogP contribution in [0.4, 0.5) is 0 Å². The molecule has 188 valence electrons. The molecular weight excluding hydrogens is 458 g/mol. The minimum absolute atomic E-state index is 0.0480. The molecular formula is C24H29N3O8. The predicted molar refractivity (Wildman–Crippen MR) is 123 cm³/mol. The van der Waals surface area contributed by atoms with Gasteiger partial charge in [0.15, 0.2) is 11.4 Å². The Hall–Kier alpha value is -3.25. The molecule has 0 bridgehead atoms. The van der Waals surface area contributed by atoms with Gasteiger partial charge in [0.2, 0.25) is 5.78 Å². The molecule has 4 rings (SSSR count). The molecule has 1 aromatic rings. The van der Waals surface area contributed by atoms with Gasteiger partial charge in [0.05, 0.1) is 18.3 Å². The number of aromatic hydroxyl groups is 1. The van der Waals surface area contributed by atoms with Crippen LogP contribution in [0.1, 0.15) is 23.1 Å². The summed E-state index contributed by atoms with van der Waals surface area (Å²) < 4.78 is 5.01. The maximum absolute atomic E-state index is 13.7. The van der Waals surface area contributed by atoms with Crippen molar-refractivity contribution in [1.29, 1.82) is 0 Å². The Balaban J connectivity index is 1.91. The zero-order chi connectivity index (χ0) is 25.8. The average Bonchev–Trinajstić information content (AvgIpc) is 2.77. The number of benzene rings is 1. The van der Waals surface area contributed by atoms with Gasteiger partial charge in [-0.2, -0.15) is 0 Å². The number of aliphatic hydroxyl groups excluding tert-OH is 2. The van der Waals surface area contributed by atoms with Crippen molar-refractivity contribution < 1.29 is 39.5 Å². The number of phenolic OH excluding ortho intramolecular Hbond substituents is 1. The summed E-state index contributed by atoms with van der Waals surface area (Å²) in [7, 11) is 4.66. The fourth-order valence-corrected chi connectivity index (χ4v) is 5.76. The van der Waals surface area contributed by atoms with Crippen LogP contribution < -0.4 is 11.1 Å². The highest BCUT2D eigenvalue weighted by Gasteiger charge is 2.64. The van der Waals surface area contributed by atoms with Gasteiger partial charge in [0.25, 0.3) is 5.91 Å². The number of hydrogen-bond acceptors (Lipinski definition) is 10. The Morgan fingerprint density at radius 3 is 2.54 bits per heavy atom. The van der Waals surface area contributed by atoms with Crippen molar-refractivity contribution in [1.82, 2.24) is 10.2 Å². The summed E-state index contributed by atoms with van der Waals surface area (Å²) >= 11 is 0. The van der Waals surface area contributed by atoms with Crippen molar-refractivity contribution in [3.05, 3.63) is 45.7 Å². The lowest BCUT2D eigenvalue weighted by atomic mass is 9.57. The predicted octanol–water partition coefficient (Wildman–Crippen LogP) is -0.342. The van der Waals surface area contributed by atoms with Crippen LogP contribution in [0.5, 0.6) is 5.75 Å². The highest BCUT2D eigenvalue weighted by atomic mass is 16.5. The monoisotopic (exact) mass is 487 g/mol. The molecule has 11 heteroatoms. The lowest BCUT2D eigenvalue weighted by Gasteiger charge is -2.50. The molecule has 0 saturated heterocycles. The third kappa shape index (κ3) is 3.54. The maximum Gasteiger partial charge on any atom is 0.255 e. The molecule has 3 unspecified atom stereocenters. The molecule has 3 aliphatic carbocycles. The Morgan fingerprint density at radius 1 is 1.26 bits per heavy atom. The molecule has 1 fully saturated rings. The smallest absolute Gasteiger partial charge is 0.255 e. The van der Waals surface area contributed by atoms with E-state index in [1.165, 1.54) is 18.1 Å². The number of Topliss-reactive ketones (excluding diaryl/α,β-unsaturated/α-hetero) is 2. The zero-order valence-corrected chi connectivity index (χ0v) is 19.7. The number of ketones is 2. The lowest BCUT2D eigenvalue weighted by Crippen LogP contribution is -2.65. The topological polar surface area (TPSA) is 183 Å². The normalized spacial score (nSPS) is 28.2. The van der Waals surface area contributed by atoms with Crippen molar-refractivity contribution >= 4 is 23.2 Å². The van der Waals surface area contributed by atoms with Crippen LogP contribution in [0.2, 0.25) is 0 Å². The van der Waals surface area contributed by atoms with Gasteiger partial charge in [-0.3, -0.25) is 24.6 Å². The second kappa shape index (κ2) is 8.76. The molecule has 35 heavy (non-hydrogen) atoms. The second-order valence-corrected chi connectivity index (χ2v) is 9.42. The van der Waals surface area contributed by atoms with Crippen LogP contribution >= 0.6 is 0 Å². The third-order valence-electron chi connectivity index (χ3n) is 7.26. The van der Waals surface area contributed by atoms with Crippen molar-refractivity contribution in [2.75, 3.05) is 27.9 Å². The first-order valence-electron chi connectivity index (χ1n) is 11.1. The fourth-order valence-electron chi connectivity index (χ4n) is 5.76. The summed E-state index contributed by atoms with van der Waals surface area (Å²) in [5, 5.41) is 47.2. The number of carbonyl (C=O) groups excluding carboxylic acids is 3. The zero-order valence-electron chi connectivity index (χ0n) is 19.7. The fraction of sp³-hybridized carbons (Fsp3) is 0.458. The first kappa shape index (κ1) is 24.9. The van der Waals surface area contributed by atoms with Crippen molar-refractivity contribution in [2.24, 2.45) is 17.6 Å². The molecule has 1 aromatic carbocycles. The number of fused-ring (bicyclic) bond motifs is 3. The molecule has 0 radical (unpaired) electrons. The summed E-state index contributed by atoms with van der Waals surface area (Å²) in [6.07, 6.45) is 0.291. The number of phenols is 1. The largest absolute Gasteiger partial charge is 0.508 e. The van der Waals surface area contributed by atoms with E-state index in [9.17, 15) is 34.8 Å². The molecule has 3 aliphatic rings. The van der Waals surface area contributed by atoms with Gasteiger partial charge in [-0.1, -0.05) is 6.07 Å². The van der Waals surface area contributed by atoms with E-state index in [-0.39, 0.29) is 36.5 Å². The van der Waals surface area contributed by atoms with Gasteiger partial charge in [0.1, 0.15) is 22.8 Å². The molecule has 7 N–H and O–H groups in total. The van der Waals surface area contributed by atoms with Crippen LogP contribution in [0, 0.1) is 11.8 Å². The number of carbonyl (C=O) groups is 3. The van der Waals surface area contributed by atoms with Gasteiger partial charge >= 0.3 is 0 Å². The molecule has 0 aromatic heterocycles. The lowest BCUT2D eigenvalue weighted by molar-refractivity contribution is -0.153. The van der Waals surface area contributed by atoms with Gasteiger partial charge in [-0.15, -0.1) is 0 Å². The molecule has 4 atom stereocenters. The Labute approximate surface area is 201 Å². The molecule has 0 aliphatic heterocycles. The summed E-state index contributed by atoms with van der Waals surface area (Å²) in [6, 6.07) is 1.99. The molecule has 0 spiro atoms. The van der Waals surface area contributed by atoms with E-state index in [4.69, 9.17) is 10.5 Å². The third-order valence-corrected chi connectivity index (χ3v) is 7.26. The Kier molecular flexibility index (Phi) is 6.22. The standard InChI is InChI=1S/C24H29N3O8/c1-27(2)18-13-7-11-6-12-10(8-26-9-35-3)4-5-14(28)16(12)19(29)15(11)21(31)24(13,34)22(32)17(20(18)30)23(25)33/h4-5,11,13,18,26,28-29,32,34H,6-9H2,1-3H3,(H2,25,33)/t11?,13?,18?,24-/m0/s1. The SMILES string of the molecule is COCNCc1ccc(O)c2c1CC1CC3C(N(C)C)C(=O)C(C(N)=O)=C(O)[C@@]3(O)C(=O)C1=C2O. The van der Waals surface area contributed by atoms with Gasteiger partial charge in [-0.05, 0) is 50.0 Å². The van der Waals surface area contributed by atoms with Crippen LogP contribution in [-0.2, 0) is 32.1 Å².